The molecule has 0 heterocycles. The predicted molar refractivity (Wildman–Crippen MR) is 15.7 cm³/mol. The van der Waals surface area contributed by atoms with Crippen LogP contribution in [-0.2, 0) is 21.2 Å². The van der Waals surface area contributed by atoms with Crippen molar-refractivity contribution in [1.29, 1.82) is 0 Å². The molecule has 4 nitrogen and oxygen atoms in total. The molecule has 0 aromatic carbocycles. The van der Waals surface area contributed by atoms with Crippen LogP contribution in [0.15, 0.2) is 0 Å². The summed E-state index contributed by atoms with van der Waals surface area (Å²) < 4.78 is 31.9. The van der Waals surface area contributed by atoms with Gasteiger partial charge in [-0.25, -0.2) is 0 Å². The Kier molecular flexibility index (Phi) is 3.65. The first-order valence-electron chi connectivity index (χ1n) is 0.698. The van der Waals surface area contributed by atoms with Gasteiger partial charge in [-0.15, -0.1) is 0 Å². The van der Waals surface area contributed by atoms with Gasteiger partial charge in [0.2, 0.25) is 0 Å². The molecule has 0 aliphatic rings. The Bertz CT molecular complexity index is 90.7. The van der Waals surface area contributed by atoms with E-state index >= 15 is 0 Å². The van der Waals surface area contributed by atoms with E-state index in [9.17, 15) is 0 Å². The molecule has 6 heteroatoms. The average Bonchev–Trinajstić information content (AvgIpc) is 0.722. The SMILES string of the molecule is B.[O]=[Cr](=[O])([OH])[OH]. The van der Waals surface area contributed by atoms with E-state index in [2.05, 4.69) is 0 Å². The number of hydrogen-bond donors (Lipinski definition) is 2. The number of rotatable bonds is 0. The van der Waals surface area contributed by atoms with Crippen molar-refractivity contribution in [2.45, 2.75) is 0 Å². The molecule has 0 saturated heterocycles. The molecule has 0 aromatic rings. The van der Waals surface area contributed by atoms with E-state index < -0.39 is 13.6 Å². The van der Waals surface area contributed by atoms with Crippen LogP contribution in [0.4, 0.5) is 0 Å². The minimum absolute atomic E-state index is 0. The van der Waals surface area contributed by atoms with Crippen molar-refractivity contribution in [3.63, 3.8) is 0 Å². The number of hydrogen-bond acceptors (Lipinski definition) is 2. The molecule has 0 aliphatic heterocycles. The van der Waals surface area contributed by atoms with Crippen LogP contribution in [0, 0.1) is 0 Å². The van der Waals surface area contributed by atoms with Gasteiger partial charge in [0.1, 0.15) is 0 Å². The molecule has 0 aromatic heterocycles. The van der Waals surface area contributed by atoms with Gasteiger partial charge >= 0.3 is 29.5 Å². The summed E-state index contributed by atoms with van der Waals surface area (Å²) in [5.41, 5.74) is 0. The fourth-order valence-corrected chi connectivity index (χ4v) is 0. The maximum atomic E-state index is 8.82. The molecular formula is H5BCrO4. The molecule has 0 rings (SSSR count). The third-order valence-electron chi connectivity index (χ3n) is 0. The predicted octanol–water partition coefficient (Wildman–Crippen LogP) is -2.54. The summed E-state index contributed by atoms with van der Waals surface area (Å²) in [6.07, 6.45) is 0. The third-order valence-corrected chi connectivity index (χ3v) is 0. The van der Waals surface area contributed by atoms with Crippen molar-refractivity contribution >= 4 is 8.41 Å². The van der Waals surface area contributed by atoms with Gasteiger partial charge < -0.3 is 0 Å². The van der Waals surface area contributed by atoms with E-state index in [1.807, 2.05) is 0 Å². The van der Waals surface area contributed by atoms with E-state index in [1.165, 1.54) is 0 Å². The molecule has 0 atom stereocenters. The summed E-state index contributed by atoms with van der Waals surface area (Å²) in [4.78, 5) is 0. The molecule has 0 fully saturated rings. The molecule has 6 heavy (non-hydrogen) atoms. The molecule has 0 amide bonds. The molecule has 0 aliphatic carbocycles. The van der Waals surface area contributed by atoms with Gasteiger partial charge in [-0.1, -0.05) is 0 Å². The Labute approximate surface area is 38.8 Å². The minimum atomic E-state index is -5.25. The zero-order chi connectivity index (χ0) is 4.50. The van der Waals surface area contributed by atoms with Gasteiger partial charge in [0, 0.05) is 0 Å². The van der Waals surface area contributed by atoms with Crippen LogP contribution < -0.4 is 0 Å². The second-order valence-electron chi connectivity index (χ2n) is 0.448. The van der Waals surface area contributed by atoms with Crippen LogP contribution in [0.25, 0.3) is 0 Å². The van der Waals surface area contributed by atoms with Gasteiger partial charge in [0.15, 0.2) is 0 Å². The van der Waals surface area contributed by atoms with Crippen molar-refractivity contribution < 1.29 is 29.5 Å². The van der Waals surface area contributed by atoms with Crippen molar-refractivity contribution in [3.8, 4) is 0 Å². The van der Waals surface area contributed by atoms with Crippen LogP contribution in [0.1, 0.15) is 0 Å². The van der Waals surface area contributed by atoms with Crippen molar-refractivity contribution in [1.82, 2.24) is 0 Å². The molecule has 2 N–H and O–H groups in total. The fraction of sp³-hybridized carbons (Fsp3) is 0. The zero-order valence-electron chi connectivity index (χ0n) is 2.12. The monoisotopic (exact) mass is 132 g/mol. The van der Waals surface area contributed by atoms with Gasteiger partial charge in [-0.05, 0) is 0 Å². The Morgan fingerprint density at radius 2 is 1.17 bits per heavy atom. The molecule has 0 bridgehead atoms. The standard InChI is InChI=1S/BH3.Cr.2H2O.2O/h1H3;;2*1H2;;/q;+2;;;;/p-2. The van der Waals surface area contributed by atoms with E-state index in [0.717, 1.165) is 0 Å². The van der Waals surface area contributed by atoms with E-state index in [0.29, 0.717) is 0 Å². The van der Waals surface area contributed by atoms with Crippen molar-refractivity contribution in [2.75, 3.05) is 0 Å². The van der Waals surface area contributed by atoms with Gasteiger partial charge in [-0.2, -0.15) is 0 Å². The maximum absolute atomic E-state index is 8.82. The first-order valence-corrected chi connectivity index (χ1v) is 2.88. The fourth-order valence-electron chi connectivity index (χ4n) is 0. The first-order chi connectivity index (χ1) is 2.00. The van der Waals surface area contributed by atoms with Crippen LogP contribution in [-0.4, -0.2) is 16.7 Å². The molecule has 0 saturated carbocycles. The van der Waals surface area contributed by atoms with Crippen LogP contribution in [0.5, 0.6) is 0 Å². The van der Waals surface area contributed by atoms with Gasteiger partial charge in [0.25, 0.3) is 0 Å². The molecular weight excluding hydrogens is 127 g/mol. The van der Waals surface area contributed by atoms with E-state index in [-0.39, 0.29) is 8.41 Å². The summed E-state index contributed by atoms with van der Waals surface area (Å²) in [5, 5.41) is 0. The Hall–Kier alpha value is 0.117. The van der Waals surface area contributed by atoms with Crippen molar-refractivity contribution in [3.05, 3.63) is 0 Å². The second-order valence-corrected chi connectivity index (χ2v) is 1.85. The molecule has 0 radical (unpaired) electrons. The van der Waals surface area contributed by atoms with E-state index in [4.69, 9.17) is 15.9 Å². The average molecular weight is 132 g/mol. The normalized spacial score (nSPS) is 9.67. The quantitative estimate of drug-likeness (QED) is 0.356. The van der Waals surface area contributed by atoms with Crippen molar-refractivity contribution in [2.24, 2.45) is 0 Å². The first kappa shape index (κ1) is 9.45. The molecule has 0 spiro atoms. The Balaban J connectivity index is 0. The van der Waals surface area contributed by atoms with Crippen LogP contribution >= 0.6 is 0 Å². The van der Waals surface area contributed by atoms with Gasteiger partial charge in [0.05, 0.1) is 8.41 Å². The summed E-state index contributed by atoms with van der Waals surface area (Å²) >= 11 is -5.25. The topological polar surface area (TPSA) is 74.6 Å². The summed E-state index contributed by atoms with van der Waals surface area (Å²) in [6, 6.07) is 0. The van der Waals surface area contributed by atoms with Gasteiger partial charge in [-0.3, -0.25) is 0 Å². The van der Waals surface area contributed by atoms with E-state index in [1.54, 1.807) is 0 Å². The Morgan fingerprint density at radius 1 is 1.17 bits per heavy atom. The van der Waals surface area contributed by atoms with Crippen LogP contribution in [0.2, 0.25) is 0 Å². The summed E-state index contributed by atoms with van der Waals surface area (Å²) in [6.45, 7) is 0. The second kappa shape index (κ2) is 2.32. The van der Waals surface area contributed by atoms with Crippen LogP contribution in [0.3, 0.4) is 0 Å². The third kappa shape index (κ3) is 2900. The Morgan fingerprint density at radius 3 is 1.17 bits per heavy atom. The zero-order valence-corrected chi connectivity index (χ0v) is 3.39. The molecule has 38 valence electrons. The summed E-state index contributed by atoms with van der Waals surface area (Å²) in [7, 11) is 0. The molecule has 0 unspecified atom stereocenters. The summed E-state index contributed by atoms with van der Waals surface area (Å²) in [5.74, 6) is 0.